The van der Waals surface area contributed by atoms with E-state index >= 15 is 0 Å². The van der Waals surface area contributed by atoms with Crippen molar-refractivity contribution in [3.8, 4) is 28.7 Å². The van der Waals surface area contributed by atoms with E-state index in [2.05, 4.69) is 53.1 Å². The van der Waals surface area contributed by atoms with E-state index in [9.17, 15) is 18.6 Å². The average Bonchev–Trinajstić information content (AvgIpc) is 2.94. The number of rotatable bonds is 7. The van der Waals surface area contributed by atoms with Gasteiger partial charge in [-0.05, 0) is 55.8 Å². The molecule has 0 amide bonds. The Hall–Kier alpha value is -3.19. The van der Waals surface area contributed by atoms with E-state index in [1.165, 1.54) is 15.9 Å². The van der Waals surface area contributed by atoms with Crippen molar-refractivity contribution in [2.45, 2.75) is 50.5 Å². The van der Waals surface area contributed by atoms with Crippen molar-refractivity contribution < 1.29 is 23.4 Å². The van der Waals surface area contributed by atoms with Gasteiger partial charge in [-0.3, -0.25) is 4.90 Å². The minimum Gasteiger partial charge on any atom is -0.487 e. The number of hydrogen-bond acceptors (Lipinski definition) is 6. The Morgan fingerprint density at radius 2 is 1.73 bits per heavy atom. The van der Waals surface area contributed by atoms with Crippen LogP contribution in [0, 0.1) is 17.8 Å². The predicted octanol–water partition coefficient (Wildman–Crippen LogP) is 3.99. The smallest absolute Gasteiger partial charge is 0.247 e. The van der Waals surface area contributed by atoms with Crippen LogP contribution in [0.1, 0.15) is 31.9 Å². The summed E-state index contributed by atoms with van der Waals surface area (Å²) < 4.78 is 35.1. The summed E-state index contributed by atoms with van der Waals surface area (Å²) in [6, 6.07) is 22.9. The SMILES string of the molecule is C[C@@H]1CN([C@@H](C)CO)S(=O)(=O)c2ccc(C#C[C@@H](C)O)cc2O[C@H]1CN(C)Cc1ccc(-c2ccccc2)cc1. The molecule has 2 N–H and O–H groups in total. The van der Waals surface area contributed by atoms with E-state index in [0.717, 1.165) is 11.1 Å². The summed E-state index contributed by atoms with van der Waals surface area (Å²) >= 11 is 0. The molecule has 3 aromatic rings. The van der Waals surface area contributed by atoms with Crippen LogP contribution in [0.3, 0.4) is 0 Å². The van der Waals surface area contributed by atoms with Gasteiger partial charge in [-0.1, -0.05) is 73.4 Å². The van der Waals surface area contributed by atoms with Crippen molar-refractivity contribution in [2.24, 2.45) is 5.92 Å². The Morgan fingerprint density at radius 1 is 1.05 bits per heavy atom. The van der Waals surface area contributed by atoms with Gasteiger partial charge in [0.1, 0.15) is 22.9 Å². The Bertz CT molecular complexity index is 1450. The predicted molar refractivity (Wildman–Crippen MR) is 157 cm³/mol. The topological polar surface area (TPSA) is 90.3 Å². The van der Waals surface area contributed by atoms with E-state index < -0.39 is 22.2 Å². The molecule has 8 heteroatoms. The highest BCUT2D eigenvalue weighted by Gasteiger charge is 2.38. The Morgan fingerprint density at radius 3 is 2.38 bits per heavy atom. The summed E-state index contributed by atoms with van der Waals surface area (Å²) in [5, 5.41) is 19.4. The van der Waals surface area contributed by atoms with Crippen molar-refractivity contribution in [3.05, 3.63) is 83.9 Å². The molecule has 0 bridgehead atoms. The van der Waals surface area contributed by atoms with Crippen LogP contribution in [-0.4, -0.2) is 72.8 Å². The standard InChI is InChI=1S/C32H38N2O5S/c1-23-19-34(24(2)22-35)40(37,38)32-17-14-26(11-10-25(3)36)18-30(32)39-31(23)21-33(4)20-27-12-15-29(16-13-27)28-8-6-5-7-9-28/h5-9,12-18,23-25,31,35-36H,19-22H2,1-4H3/t23-,24+,25-,31+/m1/s1. The first-order valence-electron chi connectivity index (χ1n) is 13.5. The van der Waals surface area contributed by atoms with E-state index in [1.807, 2.05) is 32.2 Å². The van der Waals surface area contributed by atoms with Gasteiger partial charge in [0.2, 0.25) is 10.0 Å². The van der Waals surface area contributed by atoms with Crippen LogP contribution in [0.4, 0.5) is 0 Å². The minimum atomic E-state index is -3.93. The highest BCUT2D eigenvalue weighted by atomic mass is 32.2. The van der Waals surface area contributed by atoms with Gasteiger partial charge in [0.25, 0.3) is 0 Å². The van der Waals surface area contributed by atoms with Crippen LogP contribution in [0.2, 0.25) is 0 Å². The second kappa shape index (κ2) is 13.0. The molecule has 1 heterocycles. The molecule has 0 aromatic heterocycles. The quantitative estimate of drug-likeness (QED) is 0.424. The molecule has 40 heavy (non-hydrogen) atoms. The van der Waals surface area contributed by atoms with Gasteiger partial charge in [-0.15, -0.1) is 0 Å². The van der Waals surface area contributed by atoms with Gasteiger partial charge in [0.05, 0.1) is 6.61 Å². The third-order valence-corrected chi connectivity index (χ3v) is 9.12. The lowest BCUT2D eigenvalue weighted by Crippen LogP contribution is -2.49. The number of likely N-dealkylation sites (N-methyl/N-ethyl adjacent to an activating group) is 1. The molecule has 0 saturated carbocycles. The first-order chi connectivity index (χ1) is 19.1. The molecular formula is C32H38N2O5S. The average molecular weight is 563 g/mol. The molecule has 0 saturated heterocycles. The zero-order chi connectivity index (χ0) is 28.9. The third-order valence-electron chi connectivity index (χ3n) is 7.10. The van der Waals surface area contributed by atoms with Crippen molar-refractivity contribution in [1.29, 1.82) is 0 Å². The highest BCUT2D eigenvalue weighted by Crippen LogP contribution is 2.34. The summed E-state index contributed by atoms with van der Waals surface area (Å²) in [6.07, 6.45) is -1.13. The molecule has 1 aliphatic rings. The van der Waals surface area contributed by atoms with Crippen LogP contribution >= 0.6 is 0 Å². The fourth-order valence-electron chi connectivity index (χ4n) is 4.83. The zero-order valence-electron chi connectivity index (χ0n) is 23.5. The van der Waals surface area contributed by atoms with Crippen LogP contribution in [0.25, 0.3) is 11.1 Å². The molecule has 212 valence electrons. The Kier molecular flexibility index (Phi) is 9.67. The van der Waals surface area contributed by atoms with Crippen molar-refractivity contribution in [1.82, 2.24) is 9.21 Å². The fraction of sp³-hybridized carbons (Fsp3) is 0.375. The number of nitrogens with zero attached hydrogens (tertiary/aromatic N) is 2. The maximum absolute atomic E-state index is 13.6. The minimum absolute atomic E-state index is 0.0476. The number of ether oxygens (including phenoxy) is 1. The van der Waals surface area contributed by atoms with E-state index in [0.29, 0.717) is 18.7 Å². The number of aliphatic hydroxyl groups excluding tert-OH is 2. The lowest BCUT2D eigenvalue weighted by molar-refractivity contribution is 0.0733. The van der Waals surface area contributed by atoms with Crippen LogP contribution in [-0.2, 0) is 16.6 Å². The molecule has 0 aliphatic carbocycles. The summed E-state index contributed by atoms with van der Waals surface area (Å²) in [6.45, 7) is 6.44. The molecule has 0 fully saturated rings. The second-order valence-corrected chi connectivity index (χ2v) is 12.5. The van der Waals surface area contributed by atoms with Crippen molar-refractivity contribution in [3.63, 3.8) is 0 Å². The lowest BCUT2D eigenvalue weighted by atomic mass is 10.0. The number of hydrogen-bond donors (Lipinski definition) is 2. The molecule has 4 atom stereocenters. The molecule has 7 nitrogen and oxygen atoms in total. The first kappa shape index (κ1) is 29.8. The van der Waals surface area contributed by atoms with Crippen molar-refractivity contribution >= 4 is 10.0 Å². The molecule has 4 rings (SSSR count). The van der Waals surface area contributed by atoms with E-state index in [1.54, 1.807) is 26.0 Å². The maximum Gasteiger partial charge on any atom is 0.247 e. The summed E-state index contributed by atoms with van der Waals surface area (Å²) in [5.41, 5.74) is 4.05. The van der Waals surface area contributed by atoms with E-state index in [4.69, 9.17) is 4.74 Å². The van der Waals surface area contributed by atoms with Gasteiger partial charge >= 0.3 is 0 Å². The summed E-state index contributed by atoms with van der Waals surface area (Å²) in [5.74, 6) is 5.64. The largest absolute Gasteiger partial charge is 0.487 e. The van der Waals surface area contributed by atoms with Crippen LogP contribution in [0.5, 0.6) is 5.75 Å². The van der Waals surface area contributed by atoms with Crippen LogP contribution < -0.4 is 4.74 Å². The molecule has 1 aliphatic heterocycles. The lowest BCUT2D eigenvalue weighted by Gasteiger charge is -2.37. The first-order valence-corrected chi connectivity index (χ1v) is 15.0. The molecule has 0 radical (unpaired) electrons. The number of benzene rings is 3. The van der Waals surface area contributed by atoms with Crippen molar-refractivity contribution in [2.75, 3.05) is 26.7 Å². The van der Waals surface area contributed by atoms with Crippen LogP contribution in [0.15, 0.2) is 77.7 Å². The summed E-state index contributed by atoms with van der Waals surface area (Å²) in [7, 11) is -1.90. The fourth-order valence-corrected chi connectivity index (χ4v) is 6.65. The molecule has 0 spiro atoms. The van der Waals surface area contributed by atoms with Gasteiger partial charge < -0.3 is 14.9 Å². The monoisotopic (exact) mass is 562 g/mol. The number of aliphatic hydroxyl groups is 2. The number of sulfonamides is 1. The Labute approximate surface area is 238 Å². The normalized spacial score (nSPS) is 20.3. The maximum atomic E-state index is 13.6. The van der Waals surface area contributed by atoms with Gasteiger partial charge in [0, 0.05) is 37.2 Å². The van der Waals surface area contributed by atoms with E-state index in [-0.39, 0.29) is 35.8 Å². The van der Waals surface area contributed by atoms with Gasteiger partial charge in [-0.25, -0.2) is 8.42 Å². The second-order valence-electron chi connectivity index (χ2n) is 10.6. The highest BCUT2D eigenvalue weighted by molar-refractivity contribution is 7.89. The Balaban J connectivity index is 1.59. The third kappa shape index (κ3) is 7.11. The summed E-state index contributed by atoms with van der Waals surface area (Å²) in [4.78, 5) is 2.22. The van der Waals surface area contributed by atoms with Gasteiger partial charge in [-0.2, -0.15) is 4.31 Å². The molecule has 0 unspecified atom stereocenters. The number of fused-ring (bicyclic) bond motifs is 1. The molecule has 3 aromatic carbocycles. The van der Waals surface area contributed by atoms with Gasteiger partial charge in [0.15, 0.2) is 0 Å². The zero-order valence-corrected chi connectivity index (χ0v) is 24.3. The molecular weight excluding hydrogens is 524 g/mol.